The third-order valence-electron chi connectivity index (χ3n) is 5.06. The number of nitrogens with zero attached hydrogens (tertiary/aromatic N) is 1. The monoisotopic (exact) mass is 313 g/mol. The Bertz CT molecular complexity index is 659. The first kappa shape index (κ1) is 15.9. The molecular weight excluding hydrogens is 290 g/mol. The third-order valence-corrected chi connectivity index (χ3v) is 5.06. The van der Waals surface area contributed by atoms with Gasteiger partial charge in [0.1, 0.15) is 5.41 Å². The number of carbonyl (C=O) groups excluding carboxylic acids is 3. The molecule has 4 nitrogen and oxygen atoms in total. The third kappa shape index (κ3) is 2.41. The molecule has 1 aliphatic heterocycles. The standard InChI is InChI=1S/C19H23NO3/c1-18(2,3)16(22)19-11-7-8-13(12-19)15(21)20(17(19)23)14-9-5-4-6-10-14/h4-6,9-10,13H,7-8,11-12H2,1-3H3/t13-,19+/m1/s1. The van der Waals surface area contributed by atoms with Crippen molar-refractivity contribution in [1.29, 1.82) is 0 Å². The number of imide groups is 1. The van der Waals surface area contributed by atoms with Gasteiger partial charge in [-0.3, -0.25) is 14.4 Å². The van der Waals surface area contributed by atoms with Crippen LogP contribution in [-0.4, -0.2) is 17.6 Å². The number of piperidine rings is 1. The van der Waals surface area contributed by atoms with Gasteiger partial charge in [0.05, 0.1) is 5.69 Å². The second-order valence-electron chi connectivity index (χ2n) is 7.77. The minimum atomic E-state index is -1.04. The molecule has 4 heteroatoms. The minimum absolute atomic E-state index is 0.0341. The van der Waals surface area contributed by atoms with Crippen LogP contribution < -0.4 is 4.90 Å². The summed E-state index contributed by atoms with van der Waals surface area (Å²) >= 11 is 0. The number of benzene rings is 1. The van der Waals surface area contributed by atoms with Crippen molar-refractivity contribution in [3.8, 4) is 0 Å². The number of ketones is 1. The van der Waals surface area contributed by atoms with Crippen molar-refractivity contribution in [2.45, 2.75) is 46.5 Å². The Kier molecular flexibility index (Phi) is 3.66. The van der Waals surface area contributed by atoms with E-state index in [1.54, 1.807) is 24.3 Å². The molecule has 0 spiro atoms. The molecule has 1 aromatic rings. The van der Waals surface area contributed by atoms with Crippen molar-refractivity contribution in [1.82, 2.24) is 0 Å². The van der Waals surface area contributed by atoms with Crippen LogP contribution in [0, 0.1) is 16.7 Å². The maximum absolute atomic E-state index is 13.2. The van der Waals surface area contributed by atoms with E-state index in [1.807, 2.05) is 26.8 Å². The predicted octanol–water partition coefficient (Wildman–Crippen LogP) is 3.35. The molecule has 2 amide bonds. The first-order valence-corrected chi connectivity index (χ1v) is 8.26. The van der Waals surface area contributed by atoms with Gasteiger partial charge in [0.15, 0.2) is 5.78 Å². The molecule has 2 atom stereocenters. The summed E-state index contributed by atoms with van der Waals surface area (Å²) in [5.41, 5.74) is -1.06. The number of para-hydroxylation sites is 1. The van der Waals surface area contributed by atoms with Crippen LogP contribution in [0.2, 0.25) is 0 Å². The molecule has 1 saturated heterocycles. The van der Waals surface area contributed by atoms with Crippen molar-refractivity contribution >= 4 is 23.3 Å². The van der Waals surface area contributed by atoms with Crippen LogP contribution in [0.5, 0.6) is 0 Å². The summed E-state index contributed by atoms with van der Waals surface area (Å²) in [6.07, 6.45) is 2.44. The lowest BCUT2D eigenvalue weighted by molar-refractivity contribution is -0.155. The Labute approximate surface area is 136 Å². The normalized spacial score (nSPS) is 28.0. The zero-order chi connectivity index (χ0) is 16.8. The molecular formula is C19H23NO3. The van der Waals surface area contributed by atoms with Gasteiger partial charge in [-0.25, -0.2) is 4.90 Å². The Hall–Kier alpha value is -1.97. The van der Waals surface area contributed by atoms with Crippen molar-refractivity contribution in [3.05, 3.63) is 30.3 Å². The van der Waals surface area contributed by atoms with Crippen molar-refractivity contribution in [2.75, 3.05) is 4.90 Å². The van der Waals surface area contributed by atoms with Crippen LogP contribution in [0.25, 0.3) is 0 Å². The largest absolute Gasteiger partial charge is 0.298 e. The van der Waals surface area contributed by atoms with Gasteiger partial charge in [-0.2, -0.15) is 0 Å². The number of amides is 2. The van der Waals surface area contributed by atoms with Crippen LogP contribution in [0.15, 0.2) is 30.3 Å². The summed E-state index contributed by atoms with van der Waals surface area (Å²) in [4.78, 5) is 40.3. The topological polar surface area (TPSA) is 54.5 Å². The first-order chi connectivity index (χ1) is 10.8. The van der Waals surface area contributed by atoms with Crippen molar-refractivity contribution in [2.24, 2.45) is 16.7 Å². The summed E-state index contributed by atoms with van der Waals surface area (Å²) in [6.45, 7) is 5.55. The van der Waals surface area contributed by atoms with Gasteiger partial charge in [-0.05, 0) is 31.4 Å². The maximum Gasteiger partial charge on any atom is 0.247 e. The average Bonchev–Trinajstić information content (AvgIpc) is 2.53. The molecule has 0 aromatic heterocycles. The fourth-order valence-electron chi connectivity index (χ4n) is 4.02. The Morgan fingerprint density at radius 3 is 2.43 bits per heavy atom. The van der Waals surface area contributed by atoms with Gasteiger partial charge in [0.25, 0.3) is 0 Å². The number of hydrogen-bond acceptors (Lipinski definition) is 3. The van der Waals surface area contributed by atoms with Gasteiger partial charge in [0.2, 0.25) is 11.8 Å². The first-order valence-electron chi connectivity index (χ1n) is 8.26. The fraction of sp³-hybridized carbons (Fsp3) is 0.526. The highest BCUT2D eigenvalue weighted by Crippen LogP contribution is 2.49. The van der Waals surface area contributed by atoms with Crippen molar-refractivity contribution < 1.29 is 14.4 Å². The van der Waals surface area contributed by atoms with E-state index in [9.17, 15) is 14.4 Å². The number of carbonyl (C=O) groups is 3. The number of rotatable bonds is 2. The highest BCUT2D eigenvalue weighted by atomic mass is 16.2. The van der Waals surface area contributed by atoms with Crippen LogP contribution in [-0.2, 0) is 14.4 Å². The van der Waals surface area contributed by atoms with Gasteiger partial charge in [-0.15, -0.1) is 0 Å². The zero-order valence-corrected chi connectivity index (χ0v) is 14.0. The molecule has 1 heterocycles. The molecule has 2 fully saturated rings. The summed E-state index contributed by atoms with van der Waals surface area (Å²) in [6, 6.07) is 8.97. The second kappa shape index (κ2) is 5.29. The van der Waals surface area contributed by atoms with Crippen LogP contribution >= 0.6 is 0 Å². The summed E-state index contributed by atoms with van der Waals surface area (Å²) < 4.78 is 0. The molecule has 1 aliphatic carbocycles. The lowest BCUT2D eigenvalue weighted by Gasteiger charge is -2.48. The number of anilines is 1. The predicted molar refractivity (Wildman–Crippen MR) is 87.8 cm³/mol. The quantitative estimate of drug-likeness (QED) is 0.621. The number of fused-ring (bicyclic) bond motifs is 2. The molecule has 0 N–H and O–H groups in total. The molecule has 3 rings (SSSR count). The van der Waals surface area contributed by atoms with Crippen LogP contribution in [0.3, 0.4) is 0 Å². The Morgan fingerprint density at radius 2 is 1.83 bits per heavy atom. The highest BCUT2D eigenvalue weighted by molar-refractivity contribution is 6.26. The SMILES string of the molecule is CC(C)(C)C(=O)[C@]12CCC[C@H](C1)C(=O)N(c1ccccc1)C2=O. The molecule has 0 radical (unpaired) electrons. The van der Waals surface area contributed by atoms with E-state index in [4.69, 9.17) is 0 Å². The minimum Gasteiger partial charge on any atom is -0.298 e. The Balaban J connectivity index is 2.09. The smallest absolute Gasteiger partial charge is 0.247 e. The molecule has 23 heavy (non-hydrogen) atoms. The Morgan fingerprint density at radius 1 is 1.17 bits per heavy atom. The molecule has 1 saturated carbocycles. The number of Topliss-reactive ketones (excluding diaryl/α,β-unsaturated/α-hetero) is 1. The van der Waals surface area contributed by atoms with Gasteiger partial charge in [0, 0.05) is 11.3 Å². The lowest BCUT2D eigenvalue weighted by Crippen LogP contribution is -2.62. The van der Waals surface area contributed by atoms with E-state index in [1.165, 1.54) is 4.90 Å². The van der Waals surface area contributed by atoms with E-state index in [-0.39, 0.29) is 23.5 Å². The van der Waals surface area contributed by atoms with E-state index in [0.717, 1.165) is 12.8 Å². The molecule has 2 bridgehead atoms. The summed E-state index contributed by atoms with van der Waals surface area (Å²) in [5, 5.41) is 0. The van der Waals surface area contributed by atoms with E-state index >= 15 is 0 Å². The van der Waals surface area contributed by atoms with E-state index < -0.39 is 10.8 Å². The van der Waals surface area contributed by atoms with Gasteiger partial charge in [-0.1, -0.05) is 45.4 Å². The molecule has 2 aliphatic rings. The molecule has 1 aromatic carbocycles. The van der Waals surface area contributed by atoms with E-state index in [2.05, 4.69) is 0 Å². The second-order valence-corrected chi connectivity index (χ2v) is 7.77. The van der Waals surface area contributed by atoms with E-state index in [0.29, 0.717) is 18.5 Å². The summed E-state index contributed by atoms with van der Waals surface area (Å²) in [5.74, 6) is -0.746. The maximum atomic E-state index is 13.2. The molecule has 122 valence electrons. The lowest BCUT2D eigenvalue weighted by atomic mass is 9.59. The fourth-order valence-corrected chi connectivity index (χ4v) is 4.02. The van der Waals surface area contributed by atoms with Crippen LogP contribution in [0.1, 0.15) is 46.5 Å². The highest BCUT2D eigenvalue weighted by Gasteiger charge is 2.59. The van der Waals surface area contributed by atoms with Gasteiger partial charge < -0.3 is 0 Å². The van der Waals surface area contributed by atoms with Crippen LogP contribution in [0.4, 0.5) is 5.69 Å². The molecule has 0 unspecified atom stereocenters. The average molecular weight is 313 g/mol. The van der Waals surface area contributed by atoms with Crippen molar-refractivity contribution in [3.63, 3.8) is 0 Å². The summed E-state index contributed by atoms with van der Waals surface area (Å²) in [7, 11) is 0. The van der Waals surface area contributed by atoms with Gasteiger partial charge >= 0.3 is 0 Å². The number of hydrogen-bond donors (Lipinski definition) is 0. The zero-order valence-electron chi connectivity index (χ0n) is 14.0.